The van der Waals surface area contributed by atoms with E-state index in [1.54, 1.807) is 24.3 Å². The summed E-state index contributed by atoms with van der Waals surface area (Å²) in [5.41, 5.74) is 0.425. The van der Waals surface area contributed by atoms with E-state index in [-0.39, 0.29) is 34.9 Å². The fraction of sp³-hybridized carbons (Fsp3) is 0.130. The summed E-state index contributed by atoms with van der Waals surface area (Å²) in [5.74, 6) is -1.85. The Morgan fingerprint density at radius 3 is 2.45 bits per heavy atom. The molecule has 0 spiro atoms. The van der Waals surface area contributed by atoms with Gasteiger partial charge in [0.15, 0.2) is 0 Å². The highest BCUT2D eigenvalue weighted by Gasteiger charge is 2.47. The van der Waals surface area contributed by atoms with Crippen molar-refractivity contribution >= 4 is 28.8 Å². The molecule has 3 N–H and O–H groups in total. The molecule has 2 aromatic carbocycles. The van der Waals surface area contributed by atoms with Crippen molar-refractivity contribution in [3.63, 3.8) is 0 Å². The number of likely N-dealkylation sites (tertiary alicyclic amines) is 1. The monoisotopic (exact) mass is 437 g/mol. The molecule has 3 aromatic rings. The first-order chi connectivity index (χ1) is 14.9. The number of methoxy groups -OCH3 is 1. The third kappa shape index (κ3) is 3.73. The largest absolute Gasteiger partial charge is 0.508 e. The van der Waals surface area contributed by atoms with Crippen molar-refractivity contribution in [1.82, 2.24) is 4.90 Å². The van der Waals surface area contributed by atoms with Crippen molar-refractivity contribution in [3.8, 4) is 17.2 Å². The molecule has 158 valence electrons. The number of aromatic hydroxyl groups is 2. The highest BCUT2D eigenvalue weighted by Crippen LogP contribution is 2.44. The zero-order valence-corrected chi connectivity index (χ0v) is 17.3. The summed E-state index contributed by atoms with van der Waals surface area (Å²) in [6.45, 7) is 0.132. The Bertz CT molecular complexity index is 1170. The summed E-state index contributed by atoms with van der Waals surface area (Å²) in [5, 5.41) is 33.0. The van der Waals surface area contributed by atoms with E-state index >= 15 is 0 Å². The van der Waals surface area contributed by atoms with Crippen molar-refractivity contribution in [2.75, 3.05) is 7.11 Å². The van der Waals surface area contributed by atoms with Crippen molar-refractivity contribution in [2.45, 2.75) is 12.6 Å². The van der Waals surface area contributed by atoms with Crippen molar-refractivity contribution in [2.24, 2.45) is 0 Å². The van der Waals surface area contributed by atoms with Gasteiger partial charge in [-0.2, -0.15) is 0 Å². The van der Waals surface area contributed by atoms with Crippen LogP contribution in [0.1, 0.15) is 22.0 Å². The van der Waals surface area contributed by atoms with Crippen LogP contribution in [0.15, 0.2) is 65.6 Å². The highest BCUT2D eigenvalue weighted by atomic mass is 32.1. The van der Waals surface area contributed by atoms with Crippen LogP contribution in [0.4, 0.5) is 0 Å². The van der Waals surface area contributed by atoms with Crippen LogP contribution in [-0.4, -0.2) is 39.0 Å². The summed E-state index contributed by atoms with van der Waals surface area (Å²) in [7, 11) is 1.51. The Labute approximate surface area is 182 Å². The summed E-state index contributed by atoms with van der Waals surface area (Å²) >= 11 is 1.43. The Hall–Kier alpha value is -3.78. The maximum atomic E-state index is 13.0. The van der Waals surface area contributed by atoms with Crippen molar-refractivity contribution < 1.29 is 29.6 Å². The van der Waals surface area contributed by atoms with Gasteiger partial charge in [-0.25, -0.2) is 0 Å². The van der Waals surface area contributed by atoms with Gasteiger partial charge in [0.25, 0.3) is 11.7 Å². The summed E-state index contributed by atoms with van der Waals surface area (Å²) in [6, 6.07) is 13.0. The molecule has 1 aliphatic rings. The predicted molar refractivity (Wildman–Crippen MR) is 115 cm³/mol. The standard InChI is InChI=1S/C23H19NO6S/c1-30-15-7-4-13(5-8-15)21(27)19-20(17-9-6-14(25)11-18(17)26)24(23(29)22(19)28)12-16-3-2-10-31-16/h2-11,20,25-27H,12H2,1H3/b21-19+. The molecule has 0 radical (unpaired) electrons. The topological polar surface area (TPSA) is 107 Å². The van der Waals surface area contributed by atoms with E-state index in [2.05, 4.69) is 0 Å². The number of benzene rings is 2. The lowest BCUT2D eigenvalue weighted by atomic mass is 9.94. The molecule has 0 aliphatic carbocycles. The van der Waals surface area contributed by atoms with Gasteiger partial charge in [0, 0.05) is 22.1 Å². The Balaban J connectivity index is 1.88. The number of carbonyl (C=O) groups is 2. The van der Waals surface area contributed by atoms with Crippen LogP contribution in [0.2, 0.25) is 0 Å². The van der Waals surface area contributed by atoms with E-state index in [9.17, 15) is 24.9 Å². The van der Waals surface area contributed by atoms with Gasteiger partial charge in [-0.15, -0.1) is 11.3 Å². The Kier molecular flexibility index (Phi) is 5.39. The lowest BCUT2D eigenvalue weighted by molar-refractivity contribution is -0.140. The number of aliphatic hydroxyl groups is 1. The van der Waals surface area contributed by atoms with Crippen LogP contribution in [0.3, 0.4) is 0 Å². The average molecular weight is 437 g/mol. The highest BCUT2D eigenvalue weighted by molar-refractivity contribution is 7.09. The fourth-order valence-electron chi connectivity index (χ4n) is 3.60. The molecule has 1 unspecified atom stereocenters. The molecular formula is C23H19NO6S. The second-order valence-electron chi connectivity index (χ2n) is 6.98. The molecule has 8 heteroatoms. The van der Waals surface area contributed by atoms with Crippen LogP contribution >= 0.6 is 11.3 Å². The molecule has 1 aromatic heterocycles. The number of hydrogen-bond acceptors (Lipinski definition) is 7. The number of ketones is 1. The molecule has 1 aliphatic heterocycles. The zero-order chi connectivity index (χ0) is 22.1. The first kappa shape index (κ1) is 20.5. The number of ether oxygens (including phenoxy) is 1. The molecule has 0 saturated carbocycles. The van der Waals surface area contributed by atoms with Gasteiger partial charge < -0.3 is 25.0 Å². The van der Waals surface area contributed by atoms with E-state index < -0.39 is 17.7 Å². The number of carbonyl (C=O) groups excluding carboxylic acids is 2. The van der Waals surface area contributed by atoms with E-state index in [0.29, 0.717) is 11.3 Å². The van der Waals surface area contributed by atoms with Gasteiger partial charge in [0.1, 0.15) is 23.0 Å². The number of amides is 1. The van der Waals surface area contributed by atoms with Crippen LogP contribution in [0.5, 0.6) is 17.2 Å². The van der Waals surface area contributed by atoms with E-state index in [1.807, 2.05) is 17.5 Å². The number of aliphatic hydroxyl groups excluding tert-OH is 1. The fourth-order valence-corrected chi connectivity index (χ4v) is 4.31. The zero-order valence-electron chi connectivity index (χ0n) is 16.5. The quantitative estimate of drug-likeness (QED) is 0.319. The molecule has 2 heterocycles. The van der Waals surface area contributed by atoms with Gasteiger partial charge in [-0.1, -0.05) is 6.07 Å². The minimum atomic E-state index is -1.02. The number of phenolic OH excluding ortho intramolecular Hbond substituents is 2. The Morgan fingerprint density at radius 2 is 1.84 bits per heavy atom. The smallest absolute Gasteiger partial charge is 0.295 e. The molecule has 4 rings (SSSR count). The average Bonchev–Trinajstić information content (AvgIpc) is 3.36. The van der Waals surface area contributed by atoms with Crippen LogP contribution in [-0.2, 0) is 16.1 Å². The van der Waals surface area contributed by atoms with Gasteiger partial charge in [-0.3, -0.25) is 9.59 Å². The minimum Gasteiger partial charge on any atom is -0.508 e. The normalized spacial score (nSPS) is 17.8. The molecule has 1 saturated heterocycles. The number of hydrogen-bond donors (Lipinski definition) is 3. The molecule has 1 fully saturated rings. The molecule has 31 heavy (non-hydrogen) atoms. The predicted octanol–water partition coefficient (Wildman–Crippen LogP) is 3.79. The maximum absolute atomic E-state index is 13.0. The summed E-state index contributed by atoms with van der Waals surface area (Å²) < 4.78 is 5.12. The lowest BCUT2D eigenvalue weighted by Crippen LogP contribution is -2.28. The summed E-state index contributed by atoms with van der Waals surface area (Å²) in [6.07, 6.45) is 0. The SMILES string of the molecule is COc1ccc(/C(O)=C2\C(=O)C(=O)N(Cc3cccs3)C2c2ccc(O)cc2O)cc1. The lowest BCUT2D eigenvalue weighted by Gasteiger charge is -2.25. The van der Waals surface area contributed by atoms with Gasteiger partial charge in [0.05, 0.1) is 25.3 Å². The third-order valence-corrected chi connectivity index (χ3v) is 5.98. The molecular weight excluding hydrogens is 418 g/mol. The van der Waals surface area contributed by atoms with Crippen LogP contribution in [0.25, 0.3) is 5.76 Å². The van der Waals surface area contributed by atoms with Gasteiger partial charge >= 0.3 is 0 Å². The van der Waals surface area contributed by atoms with E-state index in [0.717, 1.165) is 10.9 Å². The van der Waals surface area contributed by atoms with Gasteiger partial charge in [0.2, 0.25) is 0 Å². The molecule has 7 nitrogen and oxygen atoms in total. The first-order valence-corrected chi connectivity index (χ1v) is 10.3. The maximum Gasteiger partial charge on any atom is 0.295 e. The number of nitrogens with zero attached hydrogens (tertiary/aromatic N) is 1. The Morgan fingerprint density at radius 1 is 1.10 bits per heavy atom. The van der Waals surface area contributed by atoms with Crippen LogP contribution in [0, 0.1) is 0 Å². The van der Waals surface area contributed by atoms with Gasteiger partial charge in [-0.05, 0) is 47.8 Å². The second kappa shape index (κ2) is 8.16. The molecule has 1 amide bonds. The molecule has 0 bridgehead atoms. The van der Waals surface area contributed by atoms with Crippen molar-refractivity contribution in [3.05, 3.63) is 81.6 Å². The van der Waals surface area contributed by atoms with Crippen LogP contribution < -0.4 is 4.74 Å². The number of thiophene rings is 1. The van der Waals surface area contributed by atoms with Crippen molar-refractivity contribution in [1.29, 1.82) is 0 Å². The minimum absolute atomic E-state index is 0.132. The number of phenols is 2. The third-order valence-electron chi connectivity index (χ3n) is 5.12. The second-order valence-corrected chi connectivity index (χ2v) is 8.01. The number of Topliss-reactive ketones (excluding diaryl/α,β-unsaturated/α-hetero) is 1. The molecule has 1 atom stereocenters. The number of rotatable bonds is 5. The van der Waals surface area contributed by atoms with E-state index in [1.165, 1.54) is 35.5 Å². The first-order valence-electron chi connectivity index (χ1n) is 9.37. The van der Waals surface area contributed by atoms with E-state index in [4.69, 9.17) is 4.74 Å². The summed E-state index contributed by atoms with van der Waals surface area (Å²) in [4.78, 5) is 28.1.